The van der Waals surface area contributed by atoms with Gasteiger partial charge in [0.1, 0.15) is 10.0 Å². The summed E-state index contributed by atoms with van der Waals surface area (Å²) in [6.45, 7) is 3.76. The van der Waals surface area contributed by atoms with Crippen LogP contribution < -0.4 is 10.6 Å². The predicted molar refractivity (Wildman–Crippen MR) is 131 cm³/mol. The molecule has 0 aliphatic heterocycles. The number of aliphatic imine (C=N–C) groups is 1. The third kappa shape index (κ3) is 5.92. The van der Waals surface area contributed by atoms with E-state index in [0.717, 1.165) is 23.3 Å². The molecule has 166 valence electrons. The molecular weight excluding hydrogens is 538 g/mol. The van der Waals surface area contributed by atoms with Gasteiger partial charge in [-0.15, -0.1) is 35.3 Å². The van der Waals surface area contributed by atoms with Crippen molar-refractivity contribution in [1.29, 1.82) is 0 Å². The SMILES string of the molecule is CCNC(=NCc1ccc(S(=O)(=O)N(C)C)s1)NCC1(c2cccc(F)c2)CC1.I. The molecule has 0 amide bonds. The Balaban J connectivity index is 0.00000320. The minimum absolute atomic E-state index is 0. The van der Waals surface area contributed by atoms with Gasteiger partial charge >= 0.3 is 0 Å². The summed E-state index contributed by atoms with van der Waals surface area (Å²) in [5, 5.41) is 6.58. The quantitative estimate of drug-likeness (QED) is 0.292. The predicted octanol–water partition coefficient (Wildman–Crippen LogP) is 3.54. The Hall–Kier alpha value is -1.24. The highest BCUT2D eigenvalue weighted by atomic mass is 127. The van der Waals surface area contributed by atoms with Crippen LogP contribution in [0.2, 0.25) is 0 Å². The van der Waals surface area contributed by atoms with Gasteiger partial charge in [-0.3, -0.25) is 0 Å². The molecule has 1 heterocycles. The van der Waals surface area contributed by atoms with Crippen molar-refractivity contribution in [2.75, 3.05) is 27.2 Å². The number of benzene rings is 1. The van der Waals surface area contributed by atoms with Gasteiger partial charge in [-0.25, -0.2) is 22.1 Å². The number of halogens is 2. The second-order valence-corrected chi connectivity index (χ2v) is 10.9. The number of nitrogens with zero attached hydrogens (tertiary/aromatic N) is 2. The summed E-state index contributed by atoms with van der Waals surface area (Å²) in [6.07, 6.45) is 2.03. The maximum atomic E-state index is 13.6. The van der Waals surface area contributed by atoms with E-state index >= 15 is 0 Å². The first kappa shape index (κ1) is 25.0. The first-order valence-electron chi connectivity index (χ1n) is 9.56. The van der Waals surface area contributed by atoms with E-state index in [1.807, 2.05) is 13.0 Å². The highest BCUT2D eigenvalue weighted by Crippen LogP contribution is 2.47. The summed E-state index contributed by atoms with van der Waals surface area (Å²) < 4.78 is 39.5. The fourth-order valence-corrected chi connectivity index (χ4v) is 5.50. The monoisotopic (exact) mass is 566 g/mol. The van der Waals surface area contributed by atoms with E-state index in [1.165, 1.54) is 35.8 Å². The first-order chi connectivity index (χ1) is 13.8. The van der Waals surface area contributed by atoms with Crippen LogP contribution in [0.25, 0.3) is 0 Å². The molecule has 10 heteroatoms. The summed E-state index contributed by atoms with van der Waals surface area (Å²) in [7, 11) is -0.378. The van der Waals surface area contributed by atoms with E-state index in [-0.39, 0.29) is 35.2 Å². The maximum Gasteiger partial charge on any atom is 0.252 e. The number of sulfonamides is 1. The van der Waals surface area contributed by atoms with Gasteiger partial charge in [0.15, 0.2) is 5.96 Å². The molecule has 0 bridgehead atoms. The van der Waals surface area contributed by atoms with Crippen LogP contribution in [0.4, 0.5) is 4.39 Å². The second-order valence-electron chi connectivity index (χ2n) is 7.35. The van der Waals surface area contributed by atoms with Gasteiger partial charge in [0.25, 0.3) is 10.0 Å². The lowest BCUT2D eigenvalue weighted by atomic mass is 9.96. The van der Waals surface area contributed by atoms with E-state index < -0.39 is 10.0 Å². The molecule has 1 aliphatic rings. The van der Waals surface area contributed by atoms with Gasteiger partial charge in [-0.2, -0.15) is 0 Å². The molecule has 1 aromatic heterocycles. The number of guanidine groups is 1. The lowest BCUT2D eigenvalue weighted by Crippen LogP contribution is -2.41. The summed E-state index contributed by atoms with van der Waals surface area (Å²) >= 11 is 1.23. The number of hydrogen-bond donors (Lipinski definition) is 2. The van der Waals surface area contributed by atoms with Crippen molar-refractivity contribution in [3.8, 4) is 0 Å². The van der Waals surface area contributed by atoms with Crippen molar-refractivity contribution in [2.24, 2.45) is 4.99 Å². The van der Waals surface area contributed by atoms with Crippen LogP contribution in [0.5, 0.6) is 0 Å². The fraction of sp³-hybridized carbons (Fsp3) is 0.450. The molecule has 1 aliphatic carbocycles. The van der Waals surface area contributed by atoms with Gasteiger partial charge in [0, 0.05) is 37.5 Å². The van der Waals surface area contributed by atoms with Crippen LogP contribution in [0.15, 0.2) is 45.6 Å². The molecule has 1 fully saturated rings. The zero-order valence-corrected chi connectivity index (χ0v) is 21.3. The molecule has 3 rings (SSSR count). The molecule has 0 unspecified atom stereocenters. The fourth-order valence-electron chi connectivity index (χ4n) is 3.05. The Labute approximate surface area is 199 Å². The zero-order chi connectivity index (χ0) is 21.1. The second kappa shape index (κ2) is 10.4. The standard InChI is InChI=1S/C20H27FN4O2S2.HI/c1-4-22-19(23-13-17-8-9-18(28-17)29(26,27)25(2)3)24-14-20(10-11-20)15-6-5-7-16(21)12-15;/h5-9,12H,4,10-11,13-14H2,1-3H3,(H2,22,23,24);1H. The van der Waals surface area contributed by atoms with Crippen LogP contribution in [-0.2, 0) is 22.0 Å². The van der Waals surface area contributed by atoms with Crippen LogP contribution in [-0.4, -0.2) is 45.9 Å². The Morgan fingerprint density at radius 1 is 1.23 bits per heavy atom. The van der Waals surface area contributed by atoms with Crippen LogP contribution >= 0.6 is 35.3 Å². The van der Waals surface area contributed by atoms with E-state index in [4.69, 9.17) is 0 Å². The van der Waals surface area contributed by atoms with Crippen LogP contribution in [0.3, 0.4) is 0 Å². The minimum Gasteiger partial charge on any atom is -0.357 e. The molecule has 6 nitrogen and oxygen atoms in total. The van der Waals surface area contributed by atoms with Gasteiger partial charge in [-0.05, 0) is 49.6 Å². The van der Waals surface area contributed by atoms with E-state index in [1.54, 1.807) is 24.3 Å². The molecule has 0 radical (unpaired) electrons. The number of nitrogens with one attached hydrogen (secondary N) is 2. The molecule has 0 atom stereocenters. The van der Waals surface area contributed by atoms with Gasteiger partial charge in [0.05, 0.1) is 6.54 Å². The molecule has 0 spiro atoms. The van der Waals surface area contributed by atoms with E-state index in [0.29, 0.717) is 29.8 Å². The van der Waals surface area contributed by atoms with Crippen molar-refractivity contribution in [3.63, 3.8) is 0 Å². The highest BCUT2D eigenvalue weighted by Gasteiger charge is 2.44. The summed E-state index contributed by atoms with van der Waals surface area (Å²) in [5.41, 5.74) is 0.964. The molecule has 1 aromatic carbocycles. The summed E-state index contributed by atoms with van der Waals surface area (Å²) in [4.78, 5) is 5.46. The van der Waals surface area contributed by atoms with Gasteiger partial charge in [-0.1, -0.05) is 12.1 Å². The summed E-state index contributed by atoms with van der Waals surface area (Å²) in [6, 6.07) is 10.2. The Kier molecular flexibility index (Phi) is 8.66. The Morgan fingerprint density at radius 3 is 2.57 bits per heavy atom. The van der Waals surface area contributed by atoms with Gasteiger partial charge < -0.3 is 10.6 Å². The Morgan fingerprint density at radius 2 is 1.97 bits per heavy atom. The minimum atomic E-state index is -3.42. The Bertz CT molecular complexity index is 988. The molecule has 0 saturated heterocycles. The smallest absolute Gasteiger partial charge is 0.252 e. The first-order valence-corrected chi connectivity index (χ1v) is 11.8. The molecule has 30 heavy (non-hydrogen) atoms. The van der Waals surface area contributed by atoms with Crippen molar-refractivity contribution < 1.29 is 12.8 Å². The molecule has 1 saturated carbocycles. The normalized spacial score (nSPS) is 15.6. The molecule has 2 N–H and O–H groups in total. The highest BCUT2D eigenvalue weighted by molar-refractivity contribution is 14.0. The average Bonchev–Trinajstić information content (AvgIpc) is 3.32. The zero-order valence-electron chi connectivity index (χ0n) is 17.3. The average molecular weight is 567 g/mol. The number of thiophene rings is 1. The van der Waals surface area contributed by atoms with Crippen molar-refractivity contribution in [1.82, 2.24) is 14.9 Å². The van der Waals surface area contributed by atoms with Gasteiger partial charge in [0.2, 0.25) is 0 Å². The van der Waals surface area contributed by atoms with E-state index in [9.17, 15) is 12.8 Å². The molecular formula is C20H28FIN4O2S2. The van der Waals surface area contributed by atoms with E-state index in [2.05, 4.69) is 15.6 Å². The largest absolute Gasteiger partial charge is 0.357 e. The van der Waals surface area contributed by atoms with Crippen LogP contribution in [0, 0.1) is 5.82 Å². The van der Waals surface area contributed by atoms with Crippen molar-refractivity contribution in [2.45, 2.75) is 35.9 Å². The third-order valence-electron chi connectivity index (χ3n) is 4.99. The number of rotatable bonds is 8. The molecule has 2 aromatic rings. The summed E-state index contributed by atoms with van der Waals surface area (Å²) in [5.74, 6) is 0.455. The van der Waals surface area contributed by atoms with Crippen molar-refractivity contribution in [3.05, 3.63) is 52.7 Å². The number of hydrogen-bond acceptors (Lipinski definition) is 4. The topological polar surface area (TPSA) is 73.8 Å². The van der Waals surface area contributed by atoms with Crippen LogP contribution in [0.1, 0.15) is 30.2 Å². The lowest BCUT2D eigenvalue weighted by Gasteiger charge is -2.19. The third-order valence-corrected chi connectivity index (χ3v) is 8.35. The maximum absolute atomic E-state index is 13.6. The lowest BCUT2D eigenvalue weighted by molar-refractivity contribution is 0.523. The van der Waals surface area contributed by atoms with Crippen molar-refractivity contribution >= 4 is 51.3 Å².